The highest BCUT2D eigenvalue weighted by molar-refractivity contribution is 7.25. The van der Waals surface area contributed by atoms with Gasteiger partial charge in [0, 0.05) is 10.1 Å². The van der Waals surface area contributed by atoms with Crippen molar-refractivity contribution in [3.63, 3.8) is 0 Å². The quantitative estimate of drug-likeness (QED) is 0.605. The molecule has 3 aromatic rings. The van der Waals surface area contributed by atoms with Gasteiger partial charge in [0.15, 0.2) is 0 Å². The zero-order valence-electron chi connectivity index (χ0n) is 7.11. The molecular formula is C10H5N3S. The first kappa shape index (κ1) is 7.54. The molecule has 0 atom stereocenters. The first-order valence-corrected chi connectivity index (χ1v) is 4.97. The SMILES string of the molecule is N#Cc1nc2sc3ccccc3c2[nH]1. The van der Waals surface area contributed by atoms with Crippen molar-refractivity contribution in [3.8, 4) is 6.07 Å². The first-order valence-electron chi connectivity index (χ1n) is 4.16. The molecule has 0 saturated carbocycles. The number of imidazole rings is 1. The minimum absolute atomic E-state index is 0.386. The fraction of sp³-hybridized carbons (Fsp3) is 0. The summed E-state index contributed by atoms with van der Waals surface area (Å²) in [7, 11) is 0. The van der Waals surface area contributed by atoms with E-state index in [1.165, 1.54) is 4.70 Å². The van der Waals surface area contributed by atoms with E-state index in [0.29, 0.717) is 5.82 Å². The third-order valence-electron chi connectivity index (χ3n) is 2.14. The summed E-state index contributed by atoms with van der Waals surface area (Å²) in [6.45, 7) is 0. The van der Waals surface area contributed by atoms with Crippen molar-refractivity contribution in [2.45, 2.75) is 0 Å². The van der Waals surface area contributed by atoms with E-state index in [9.17, 15) is 0 Å². The largest absolute Gasteiger partial charge is 0.328 e. The molecule has 0 spiro atoms. The number of thiophene rings is 1. The summed E-state index contributed by atoms with van der Waals surface area (Å²) in [4.78, 5) is 8.08. The molecule has 0 saturated heterocycles. The number of aromatic nitrogens is 2. The lowest BCUT2D eigenvalue weighted by Crippen LogP contribution is -1.73. The van der Waals surface area contributed by atoms with Crippen LogP contribution in [-0.2, 0) is 0 Å². The van der Waals surface area contributed by atoms with Crippen LogP contribution in [-0.4, -0.2) is 9.97 Å². The minimum Gasteiger partial charge on any atom is -0.328 e. The standard InChI is InChI=1S/C10H5N3S/c11-5-8-12-9-6-3-1-2-4-7(6)14-10(9)13-8/h1-4H,(H,12,13). The maximum Gasteiger partial charge on any atom is 0.211 e. The number of nitriles is 1. The highest BCUT2D eigenvalue weighted by atomic mass is 32.1. The van der Waals surface area contributed by atoms with Gasteiger partial charge in [-0.15, -0.1) is 11.3 Å². The number of fused-ring (bicyclic) bond motifs is 3. The Bertz CT molecular complexity index is 657. The van der Waals surface area contributed by atoms with Gasteiger partial charge >= 0.3 is 0 Å². The molecule has 3 rings (SSSR count). The van der Waals surface area contributed by atoms with E-state index < -0.39 is 0 Å². The van der Waals surface area contributed by atoms with Crippen LogP contribution in [0.2, 0.25) is 0 Å². The summed E-state index contributed by atoms with van der Waals surface area (Å²) in [6, 6.07) is 10.1. The van der Waals surface area contributed by atoms with E-state index in [1.54, 1.807) is 11.3 Å². The van der Waals surface area contributed by atoms with Crippen LogP contribution in [0.15, 0.2) is 24.3 Å². The molecule has 0 fully saturated rings. The van der Waals surface area contributed by atoms with E-state index in [4.69, 9.17) is 5.26 Å². The lowest BCUT2D eigenvalue weighted by atomic mass is 10.2. The minimum atomic E-state index is 0.386. The molecule has 0 aliphatic heterocycles. The Kier molecular flexibility index (Phi) is 1.38. The predicted octanol–water partition coefficient (Wildman–Crippen LogP) is 2.65. The highest BCUT2D eigenvalue weighted by Crippen LogP contribution is 2.31. The van der Waals surface area contributed by atoms with Crippen LogP contribution in [0.4, 0.5) is 0 Å². The molecule has 1 N–H and O–H groups in total. The molecule has 0 aliphatic rings. The third kappa shape index (κ3) is 0.874. The van der Waals surface area contributed by atoms with Gasteiger partial charge in [0.1, 0.15) is 10.9 Å². The lowest BCUT2D eigenvalue weighted by molar-refractivity contribution is 1.25. The Labute approximate surface area is 83.6 Å². The van der Waals surface area contributed by atoms with Crippen molar-refractivity contribution >= 4 is 31.8 Å². The second-order valence-corrected chi connectivity index (χ2v) is 4.01. The Morgan fingerprint density at radius 2 is 2.21 bits per heavy atom. The molecule has 0 bridgehead atoms. The molecule has 14 heavy (non-hydrogen) atoms. The van der Waals surface area contributed by atoms with Crippen LogP contribution < -0.4 is 0 Å². The molecule has 0 amide bonds. The molecular weight excluding hydrogens is 194 g/mol. The second-order valence-electron chi connectivity index (χ2n) is 2.98. The van der Waals surface area contributed by atoms with Gasteiger partial charge in [-0.2, -0.15) is 5.26 Å². The summed E-state index contributed by atoms with van der Waals surface area (Å²) in [5, 5.41) is 9.83. The number of hydrogen-bond acceptors (Lipinski definition) is 3. The van der Waals surface area contributed by atoms with Crippen LogP contribution in [0.3, 0.4) is 0 Å². The number of aromatic amines is 1. The monoisotopic (exact) mass is 199 g/mol. The summed E-state index contributed by atoms with van der Waals surface area (Å²) in [5.41, 5.74) is 0.974. The highest BCUT2D eigenvalue weighted by Gasteiger charge is 2.08. The average Bonchev–Trinajstić information content (AvgIpc) is 2.73. The summed E-state index contributed by atoms with van der Waals surface area (Å²) < 4.78 is 1.20. The van der Waals surface area contributed by atoms with E-state index >= 15 is 0 Å². The van der Waals surface area contributed by atoms with Crippen LogP contribution in [0.5, 0.6) is 0 Å². The Morgan fingerprint density at radius 3 is 3.07 bits per heavy atom. The van der Waals surface area contributed by atoms with Gasteiger partial charge in [0.05, 0.1) is 5.52 Å². The Hall–Kier alpha value is -1.86. The van der Waals surface area contributed by atoms with Crippen molar-refractivity contribution in [2.24, 2.45) is 0 Å². The van der Waals surface area contributed by atoms with E-state index in [0.717, 1.165) is 15.7 Å². The molecule has 66 valence electrons. The van der Waals surface area contributed by atoms with Gasteiger partial charge in [0.2, 0.25) is 5.82 Å². The maximum absolute atomic E-state index is 8.69. The molecule has 0 unspecified atom stereocenters. The van der Waals surface area contributed by atoms with Gasteiger partial charge < -0.3 is 4.98 Å². The summed E-state index contributed by atoms with van der Waals surface area (Å²) in [5.74, 6) is 0.386. The number of benzene rings is 1. The van der Waals surface area contributed by atoms with Gasteiger partial charge in [-0.25, -0.2) is 4.98 Å². The number of rotatable bonds is 0. The van der Waals surface area contributed by atoms with Crippen LogP contribution in [0.25, 0.3) is 20.4 Å². The fourth-order valence-corrected chi connectivity index (χ4v) is 2.57. The smallest absolute Gasteiger partial charge is 0.211 e. The van der Waals surface area contributed by atoms with E-state index in [2.05, 4.69) is 16.0 Å². The van der Waals surface area contributed by atoms with Gasteiger partial charge in [0.25, 0.3) is 0 Å². The lowest BCUT2D eigenvalue weighted by Gasteiger charge is -1.85. The average molecular weight is 199 g/mol. The van der Waals surface area contributed by atoms with E-state index in [-0.39, 0.29) is 0 Å². The zero-order valence-corrected chi connectivity index (χ0v) is 7.93. The molecule has 3 nitrogen and oxygen atoms in total. The molecule has 0 radical (unpaired) electrons. The second kappa shape index (κ2) is 2.56. The maximum atomic E-state index is 8.69. The van der Waals surface area contributed by atoms with Gasteiger partial charge in [-0.1, -0.05) is 18.2 Å². The predicted molar refractivity (Wildman–Crippen MR) is 56.2 cm³/mol. The van der Waals surface area contributed by atoms with Crippen LogP contribution >= 0.6 is 11.3 Å². The summed E-state index contributed by atoms with van der Waals surface area (Å²) in [6.07, 6.45) is 0. The van der Waals surface area contributed by atoms with Crippen LogP contribution in [0, 0.1) is 11.3 Å². The number of H-pyrrole nitrogens is 1. The molecule has 4 heteroatoms. The van der Waals surface area contributed by atoms with Crippen molar-refractivity contribution in [1.82, 2.24) is 9.97 Å². The number of hydrogen-bond donors (Lipinski definition) is 1. The van der Waals surface area contributed by atoms with Crippen molar-refractivity contribution < 1.29 is 0 Å². The third-order valence-corrected chi connectivity index (χ3v) is 3.20. The summed E-state index contributed by atoms with van der Waals surface area (Å²) >= 11 is 1.60. The van der Waals surface area contributed by atoms with Gasteiger partial charge in [-0.05, 0) is 6.07 Å². The molecule has 1 aromatic carbocycles. The number of nitrogens with one attached hydrogen (secondary N) is 1. The molecule has 2 heterocycles. The molecule has 2 aromatic heterocycles. The zero-order chi connectivity index (χ0) is 9.54. The van der Waals surface area contributed by atoms with Crippen molar-refractivity contribution in [3.05, 3.63) is 30.1 Å². The van der Waals surface area contributed by atoms with Crippen molar-refractivity contribution in [1.29, 1.82) is 5.26 Å². The van der Waals surface area contributed by atoms with Crippen LogP contribution in [0.1, 0.15) is 5.82 Å². The fourth-order valence-electron chi connectivity index (χ4n) is 1.53. The number of nitrogens with zero attached hydrogens (tertiary/aromatic N) is 2. The first-order chi connectivity index (χ1) is 6.88. The Balaban J connectivity index is 2.52. The van der Waals surface area contributed by atoms with Gasteiger partial charge in [-0.3, -0.25) is 0 Å². The normalized spacial score (nSPS) is 10.8. The Morgan fingerprint density at radius 1 is 1.36 bits per heavy atom. The van der Waals surface area contributed by atoms with E-state index in [1.807, 2.05) is 24.3 Å². The molecule has 0 aliphatic carbocycles. The van der Waals surface area contributed by atoms with Crippen molar-refractivity contribution in [2.75, 3.05) is 0 Å². The topological polar surface area (TPSA) is 52.5 Å².